The van der Waals surface area contributed by atoms with E-state index in [0.29, 0.717) is 17.1 Å². The van der Waals surface area contributed by atoms with Gasteiger partial charge in [0.15, 0.2) is 5.75 Å². The Morgan fingerprint density at radius 2 is 2.05 bits per heavy atom. The molecule has 0 saturated carbocycles. The number of tetrazole rings is 1. The van der Waals surface area contributed by atoms with Crippen LogP contribution in [0.15, 0.2) is 36.4 Å². The van der Waals surface area contributed by atoms with Crippen LogP contribution in [0.25, 0.3) is 16.9 Å². The van der Waals surface area contributed by atoms with Crippen molar-refractivity contribution in [3.05, 3.63) is 36.4 Å². The summed E-state index contributed by atoms with van der Waals surface area (Å²) in [4.78, 5) is 11.2. The number of hydrogen-bond acceptors (Lipinski definition) is 6. The quantitative estimate of drug-likeness (QED) is 0.638. The average Bonchev–Trinajstić information content (AvgIpc) is 2.85. The number of hydrogen-bond donors (Lipinski definition) is 0. The van der Waals surface area contributed by atoms with E-state index in [0.717, 1.165) is 5.56 Å². The molecule has 0 atom stereocenters. The molecule has 7 heteroatoms. The van der Waals surface area contributed by atoms with Crippen LogP contribution in [0.2, 0.25) is 0 Å². The van der Waals surface area contributed by atoms with Crippen molar-refractivity contribution in [2.24, 2.45) is 0 Å². The van der Waals surface area contributed by atoms with E-state index in [-0.39, 0.29) is 0 Å². The van der Waals surface area contributed by atoms with Crippen molar-refractivity contribution in [1.29, 1.82) is 0 Å². The van der Waals surface area contributed by atoms with Gasteiger partial charge in [0.05, 0.1) is 0 Å². The molecule has 0 aliphatic rings. The van der Waals surface area contributed by atoms with Gasteiger partial charge in [-0.2, -0.15) is 0 Å². The number of carbonyl (C=O) groups excluding carboxylic acids is 1. The Morgan fingerprint density at radius 3 is 2.79 bits per heavy atom. The van der Waals surface area contributed by atoms with Gasteiger partial charge in [0.2, 0.25) is 5.65 Å². The van der Waals surface area contributed by atoms with Crippen LogP contribution in [0.3, 0.4) is 0 Å². The van der Waals surface area contributed by atoms with Gasteiger partial charge >= 0.3 is 5.97 Å². The molecule has 3 rings (SSSR count). The molecule has 7 nitrogen and oxygen atoms in total. The van der Waals surface area contributed by atoms with Gasteiger partial charge < -0.3 is 4.74 Å². The molecule has 0 radical (unpaired) electrons. The van der Waals surface area contributed by atoms with E-state index in [1.165, 1.54) is 11.6 Å². The fourth-order valence-corrected chi connectivity index (χ4v) is 1.71. The molecule has 0 N–H and O–H groups in total. The maximum absolute atomic E-state index is 11.2. The Kier molecular flexibility index (Phi) is 2.64. The lowest BCUT2D eigenvalue weighted by atomic mass is 10.1. The predicted molar refractivity (Wildman–Crippen MR) is 65.3 cm³/mol. The smallest absolute Gasteiger partial charge is 0.308 e. The monoisotopic (exact) mass is 255 g/mol. The van der Waals surface area contributed by atoms with E-state index < -0.39 is 5.97 Å². The highest BCUT2D eigenvalue weighted by Crippen LogP contribution is 2.28. The van der Waals surface area contributed by atoms with E-state index in [4.69, 9.17) is 4.74 Å². The second-order valence-corrected chi connectivity index (χ2v) is 3.84. The molecule has 0 fully saturated rings. The van der Waals surface area contributed by atoms with Crippen LogP contribution >= 0.6 is 0 Å². The molecule has 0 spiro atoms. The molecule has 0 aliphatic heterocycles. The van der Waals surface area contributed by atoms with E-state index in [2.05, 4.69) is 20.6 Å². The minimum atomic E-state index is -0.421. The molecular weight excluding hydrogens is 246 g/mol. The maximum atomic E-state index is 11.2. The Hall–Kier alpha value is -2.83. The summed E-state index contributed by atoms with van der Waals surface area (Å²) in [6, 6.07) is 11.0. The molecule has 3 aromatic rings. The number of nitrogens with zero attached hydrogens (tertiary/aromatic N) is 5. The fourth-order valence-electron chi connectivity index (χ4n) is 1.71. The number of rotatable bonds is 2. The summed E-state index contributed by atoms with van der Waals surface area (Å²) < 4.78 is 6.45. The van der Waals surface area contributed by atoms with Crippen LogP contribution < -0.4 is 4.74 Å². The van der Waals surface area contributed by atoms with Crippen molar-refractivity contribution in [2.45, 2.75) is 6.92 Å². The fraction of sp³-hybridized carbons (Fsp3) is 0.0833. The third kappa shape index (κ3) is 2.13. The Labute approximate surface area is 107 Å². The molecule has 0 amide bonds. The Morgan fingerprint density at radius 1 is 1.26 bits per heavy atom. The van der Waals surface area contributed by atoms with E-state index in [1.807, 2.05) is 30.3 Å². The van der Waals surface area contributed by atoms with Crippen LogP contribution in [0.1, 0.15) is 6.92 Å². The lowest BCUT2D eigenvalue weighted by Crippen LogP contribution is -2.06. The Balaban J connectivity index is 2.22. The molecule has 2 heterocycles. The second-order valence-electron chi connectivity index (χ2n) is 3.84. The highest BCUT2D eigenvalue weighted by atomic mass is 16.5. The first-order chi connectivity index (χ1) is 9.24. The minimum absolute atomic E-state index is 0.334. The summed E-state index contributed by atoms with van der Waals surface area (Å²) in [6.07, 6.45) is 0. The summed E-state index contributed by atoms with van der Waals surface area (Å²) in [5, 5.41) is 15.3. The molecule has 94 valence electrons. The van der Waals surface area contributed by atoms with Crippen molar-refractivity contribution in [3.63, 3.8) is 0 Å². The van der Waals surface area contributed by atoms with Gasteiger partial charge in [-0.05, 0) is 10.4 Å². The number of esters is 1. The van der Waals surface area contributed by atoms with Gasteiger partial charge in [0, 0.05) is 18.6 Å². The van der Waals surface area contributed by atoms with Crippen molar-refractivity contribution in [2.75, 3.05) is 0 Å². The molecule has 0 unspecified atom stereocenters. The molecule has 1 aromatic carbocycles. The summed E-state index contributed by atoms with van der Waals surface area (Å²) in [6.45, 7) is 1.33. The van der Waals surface area contributed by atoms with Crippen LogP contribution in [0, 0.1) is 0 Å². The maximum Gasteiger partial charge on any atom is 0.308 e. The van der Waals surface area contributed by atoms with Crippen LogP contribution in [0.4, 0.5) is 0 Å². The zero-order valence-electron chi connectivity index (χ0n) is 10.0. The van der Waals surface area contributed by atoms with Gasteiger partial charge in [-0.15, -0.1) is 14.8 Å². The van der Waals surface area contributed by atoms with E-state index >= 15 is 0 Å². The van der Waals surface area contributed by atoms with Gasteiger partial charge in [-0.3, -0.25) is 4.79 Å². The predicted octanol–water partition coefficient (Wildman–Crippen LogP) is 1.11. The van der Waals surface area contributed by atoms with Gasteiger partial charge in [0.25, 0.3) is 0 Å². The standard InChI is InChI=1S/C12H9N5O2/c1-8(18)19-10-7-11-13-15-16-17(11)14-12(10)9-5-3-2-4-6-9/h2-7H,1H3. The molecule has 0 bridgehead atoms. The van der Waals surface area contributed by atoms with Gasteiger partial charge in [-0.1, -0.05) is 30.3 Å². The van der Waals surface area contributed by atoms with Gasteiger partial charge in [-0.25, -0.2) is 0 Å². The lowest BCUT2D eigenvalue weighted by molar-refractivity contribution is -0.131. The molecule has 0 aliphatic carbocycles. The second kappa shape index (κ2) is 4.45. The SMILES string of the molecule is CC(=O)Oc1cc2nnnn2nc1-c1ccccc1. The van der Waals surface area contributed by atoms with Crippen LogP contribution in [-0.4, -0.2) is 31.2 Å². The summed E-state index contributed by atoms with van der Waals surface area (Å²) in [5.41, 5.74) is 1.74. The number of aromatic nitrogens is 5. The summed E-state index contributed by atoms with van der Waals surface area (Å²) in [7, 11) is 0. The molecule has 2 aromatic heterocycles. The molecule has 0 saturated heterocycles. The highest BCUT2D eigenvalue weighted by molar-refractivity contribution is 5.75. The topological polar surface area (TPSA) is 82.3 Å². The van der Waals surface area contributed by atoms with E-state index in [1.54, 1.807) is 6.07 Å². The third-order valence-corrected chi connectivity index (χ3v) is 2.47. The normalized spacial score (nSPS) is 10.6. The largest absolute Gasteiger partial charge is 0.424 e. The third-order valence-electron chi connectivity index (χ3n) is 2.47. The number of carbonyl (C=O) groups is 1. The van der Waals surface area contributed by atoms with E-state index in [9.17, 15) is 4.79 Å². The Bertz CT molecular complexity index is 738. The van der Waals surface area contributed by atoms with Crippen molar-refractivity contribution >= 4 is 11.6 Å². The van der Waals surface area contributed by atoms with Crippen LogP contribution in [0.5, 0.6) is 5.75 Å². The summed E-state index contributed by atoms with van der Waals surface area (Å²) in [5.74, 6) is -0.0863. The first-order valence-electron chi connectivity index (χ1n) is 5.57. The average molecular weight is 255 g/mol. The van der Waals surface area contributed by atoms with Gasteiger partial charge in [0.1, 0.15) is 5.69 Å². The summed E-state index contributed by atoms with van der Waals surface area (Å²) >= 11 is 0. The van der Waals surface area contributed by atoms with Crippen LogP contribution in [-0.2, 0) is 4.79 Å². The number of fused-ring (bicyclic) bond motifs is 1. The first-order valence-corrected chi connectivity index (χ1v) is 5.57. The van der Waals surface area contributed by atoms with Crippen molar-refractivity contribution < 1.29 is 9.53 Å². The molecule has 19 heavy (non-hydrogen) atoms. The zero-order chi connectivity index (χ0) is 13.2. The number of ether oxygens (including phenoxy) is 1. The highest BCUT2D eigenvalue weighted by Gasteiger charge is 2.14. The van der Waals surface area contributed by atoms with Crippen molar-refractivity contribution in [3.8, 4) is 17.0 Å². The zero-order valence-corrected chi connectivity index (χ0v) is 10.0. The first kappa shape index (κ1) is 11.3. The minimum Gasteiger partial charge on any atom is -0.424 e. The van der Waals surface area contributed by atoms with Crippen molar-refractivity contribution in [1.82, 2.24) is 25.3 Å². The molecular formula is C12H9N5O2. The lowest BCUT2D eigenvalue weighted by Gasteiger charge is -2.07. The number of benzene rings is 1.